The molecule has 2 N–H and O–H groups in total. The van der Waals surface area contributed by atoms with Crippen molar-refractivity contribution in [3.8, 4) is 0 Å². The number of aromatic carboxylic acids is 1. The van der Waals surface area contributed by atoms with Gasteiger partial charge in [-0.15, -0.1) is 0 Å². The van der Waals surface area contributed by atoms with Crippen LogP contribution in [0.2, 0.25) is 0 Å². The number of alkyl halides is 3. The van der Waals surface area contributed by atoms with Gasteiger partial charge < -0.3 is 15.3 Å². The van der Waals surface area contributed by atoms with E-state index in [1.807, 2.05) is 0 Å². The summed E-state index contributed by atoms with van der Waals surface area (Å²) in [7, 11) is 1.22. The Hall–Kier alpha value is -1.77. The van der Waals surface area contributed by atoms with Crippen LogP contribution in [0.3, 0.4) is 0 Å². The van der Waals surface area contributed by atoms with Gasteiger partial charge in [-0.2, -0.15) is 13.2 Å². The van der Waals surface area contributed by atoms with Gasteiger partial charge in [-0.05, 0) is 34.1 Å². The van der Waals surface area contributed by atoms with Gasteiger partial charge in [-0.1, -0.05) is 0 Å². The summed E-state index contributed by atoms with van der Waals surface area (Å²) in [6, 6.07) is 3.32. The fraction of sp³-hybridized carbons (Fsp3) is 0.333. The van der Waals surface area contributed by atoms with Crippen molar-refractivity contribution in [1.82, 2.24) is 4.90 Å². The number of hydrogen-bond donors (Lipinski definition) is 2. The number of amides is 2. The molecular formula is C12H12BrF3N2O3. The van der Waals surface area contributed by atoms with Crippen molar-refractivity contribution in [2.24, 2.45) is 0 Å². The van der Waals surface area contributed by atoms with E-state index in [0.717, 1.165) is 4.90 Å². The van der Waals surface area contributed by atoms with Gasteiger partial charge in [0.1, 0.15) is 0 Å². The zero-order valence-electron chi connectivity index (χ0n) is 10.9. The highest BCUT2D eigenvalue weighted by Crippen LogP contribution is 2.22. The predicted octanol–water partition coefficient (Wildman–Crippen LogP) is 3.56. The minimum atomic E-state index is -4.34. The van der Waals surface area contributed by atoms with Gasteiger partial charge in [0.25, 0.3) is 0 Å². The highest BCUT2D eigenvalue weighted by molar-refractivity contribution is 9.10. The van der Waals surface area contributed by atoms with E-state index in [9.17, 15) is 22.8 Å². The Balaban J connectivity index is 2.70. The lowest BCUT2D eigenvalue weighted by molar-refractivity contribution is -0.135. The molecule has 0 bridgehead atoms. The number of carboxylic acid groups (broad SMARTS) is 1. The zero-order valence-corrected chi connectivity index (χ0v) is 12.5. The Bertz CT molecular complexity index is 549. The largest absolute Gasteiger partial charge is 0.478 e. The minimum absolute atomic E-state index is 0.0641. The number of anilines is 1. The van der Waals surface area contributed by atoms with Crippen LogP contribution in [0.1, 0.15) is 16.8 Å². The summed E-state index contributed by atoms with van der Waals surface area (Å²) < 4.78 is 36.5. The maximum absolute atomic E-state index is 12.1. The van der Waals surface area contributed by atoms with E-state index in [2.05, 4.69) is 21.2 Å². The number of rotatable bonds is 4. The summed E-state index contributed by atoms with van der Waals surface area (Å²) in [5.41, 5.74) is 0.116. The van der Waals surface area contributed by atoms with E-state index < -0.39 is 31.1 Å². The Labute approximate surface area is 126 Å². The number of carbonyl (C=O) groups excluding carboxylic acids is 1. The van der Waals surface area contributed by atoms with Crippen LogP contribution in [0.25, 0.3) is 0 Å². The molecule has 9 heteroatoms. The van der Waals surface area contributed by atoms with Crippen molar-refractivity contribution in [1.29, 1.82) is 0 Å². The molecule has 0 saturated carbocycles. The van der Waals surface area contributed by atoms with Crippen LogP contribution in [-0.4, -0.2) is 41.8 Å². The highest BCUT2D eigenvalue weighted by atomic mass is 79.9. The van der Waals surface area contributed by atoms with Crippen LogP contribution in [0.15, 0.2) is 22.7 Å². The number of urea groups is 1. The fourth-order valence-electron chi connectivity index (χ4n) is 1.38. The van der Waals surface area contributed by atoms with Crippen molar-refractivity contribution in [3.63, 3.8) is 0 Å². The first-order chi connectivity index (χ1) is 9.60. The van der Waals surface area contributed by atoms with E-state index >= 15 is 0 Å². The third-order valence-electron chi connectivity index (χ3n) is 2.53. The van der Waals surface area contributed by atoms with Crippen molar-refractivity contribution in [2.45, 2.75) is 12.6 Å². The van der Waals surface area contributed by atoms with Gasteiger partial charge in [0.2, 0.25) is 0 Å². The van der Waals surface area contributed by atoms with E-state index in [-0.39, 0.29) is 11.3 Å². The molecule has 5 nitrogen and oxygen atoms in total. The SMILES string of the molecule is CN(CCC(F)(F)F)C(=O)Nc1ccc(Br)c(C(=O)O)c1. The topological polar surface area (TPSA) is 69.6 Å². The van der Waals surface area contributed by atoms with Gasteiger partial charge in [-0.25, -0.2) is 9.59 Å². The Morgan fingerprint density at radius 3 is 2.52 bits per heavy atom. The van der Waals surface area contributed by atoms with Crippen LogP contribution >= 0.6 is 15.9 Å². The van der Waals surface area contributed by atoms with Crippen molar-refractivity contribution in [3.05, 3.63) is 28.2 Å². The van der Waals surface area contributed by atoms with Gasteiger partial charge in [0.15, 0.2) is 0 Å². The van der Waals surface area contributed by atoms with Crippen molar-refractivity contribution < 1.29 is 27.9 Å². The van der Waals surface area contributed by atoms with Gasteiger partial charge >= 0.3 is 18.2 Å². The molecule has 116 valence electrons. The van der Waals surface area contributed by atoms with E-state index in [4.69, 9.17) is 5.11 Å². The molecular weight excluding hydrogens is 357 g/mol. The summed E-state index contributed by atoms with van der Waals surface area (Å²) >= 11 is 3.04. The average Bonchev–Trinajstić information content (AvgIpc) is 2.36. The second kappa shape index (κ2) is 6.79. The number of halogens is 4. The molecule has 0 saturated heterocycles. The van der Waals surface area contributed by atoms with Crippen LogP contribution in [0.4, 0.5) is 23.7 Å². The first-order valence-corrected chi connectivity index (χ1v) is 6.51. The van der Waals surface area contributed by atoms with Crippen LogP contribution in [-0.2, 0) is 0 Å². The van der Waals surface area contributed by atoms with Crippen LogP contribution < -0.4 is 5.32 Å². The Morgan fingerprint density at radius 1 is 1.38 bits per heavy atom. The lowest BCUT2D eigenvalue weighted by atomic mass is 10.2. The molecule has 0 aliphatic carbocycles. The Morgan fingerprint density at radius 2 is 2.00 bits per heavy atom. The summed E-state index contributed by atoms with van der Waals surface area (Å²) in [6.07, 6.45) is -5.46. The molecule has 0 unspecified atom stereocenters. The minimum Gasteiger partial charge on any atom is -0.478 e. The summed E-state index contributed by atoms with van der Waals surface area (Å²) in [5.74, 6) is -1.19. The van der Waals surface area contributed by atoms with Crippen molar-refractivity contribution >= 4 is 33.6 Å². The predicted molar refractivity (Wildman–Crippen MR) is 73.4 cm³/mol. The highest BCUT2D eigenvalue weighted by Gasteiger charge is 2.28. The first kappa shape index (κ1) is 17.3. The molecule has 0 spiro atoms. The third-order valence-corrected chi connectivity index (χ3v) is 3.22. The van der Waals surface area contributed by atoms with Gasteiger partial charge in [-0.3, -0.25) is 0 Å². The molecule has 2 amide bonds. The standard InChI is InChI=1S/C12H12BrF3N2O3/c1-18(5-4-12(14,15)16)11(21)17-7-2-3-9(13)8(6-7)10(19)20/h2-3,6H,4-5H2,1H3,(H,17,21)(H,19,20). The molecule has 0 aliphatic rings. The molecule has 21 heavy (non-hydrogen) atoms. The van der Waals surface area contributed by atoms with Crippen LogP contribution in [0.5, 0.6) is 0 Å². The fourth-order valence-corrected chi connectivity index (χ4v) is 1.80. The van der Waals surface area contributed by atoms with Gasteiger partial charge in [0, 0.05) is 23.8 Å². The second-order valence-electron chi connectivity index (χ2n) is 4.22. The second-order valence-corrected chi connectivity index (χ2v) is 5.07. The molecule has 0 aliphatic heterocycles. The smallest absolute Gasteiger partial charge is 0.390 e. The monoisotopic (exact) mass is 368 g/mol. The maximum Gasteiger partial charge on any atom is 0.390 e. The normalized spacial score (nSPS) is 11.1. The number of hydrogen-bond acceptors (Lipinski definition) is 2. The molecule has 0 fully saturated rings. The van der Waals surface area contributed by atoms with E-state index in [0.29, 0.717) is 4.47 Å². The van der Waals surface area contributed by atoms with E-state index in [1.165, 1.54) is 25.2 Å². The summed E-state index contributed by atoms with van der Waals surface area (Å²) in [4.78, 5) is 23.5. The van der Waals surface area contributed by atoms with Crippen molar-refractivity contribution in [2.75, 3.05) is 18.9 Å². The summed E-state index contributed by atoms with van der Waals surface area (Å²) in [6.45, 7) is -0.488. The number of nitrogens with one attached hydrogen (secondary N) is 1. The maximum atomic E-state index is 12.1. The lowest BCUT2D eigenvalue weighted by Crippen LogP contribution is -2.34. The third kappa shape index (κ3) is 5.62. The Kier molecular flexibility index (Phi) is 5.59. The van der Waals surface area contributed by atoms with Crippen LogP contribution in [0, 0.1) is 0 Å². The summed E-state index contributed by atoms with van der Waals surface area (Å²) in [5, 5.41) is 11.3. The molecule has 1 rings (SSSR count). The molecule has 0 aromatic heterocycles. The average molecular weight is 369 g/mol. The molecule has 0 radical (unpaired) electrons. The molecule has 0 atom stereocenters. The van der Waals surface area contributed by atoms with Gasteiger partial charge in [0.05, 0.1) is 12.0 Å². The molecule has 0 heterocycles. The number of carboxylic acids is 1. The molecule has 1 aromatic carbocycles. The quantitative estimate of drug-likeness (QED) is 0.853. The lowest BCUT2D eigenvalue weighted by Gasteiger charge is -2.19. The van der Waals surface area contributed by atoms with E-state index in [1.54, 1.807) is 0 Å². The zero-order chi connectivity index (χ0) is 16.2. The first-order valence-electron chi connectivity index (χ1n) is 5.72. The number of carbonyl (C=O) groups is 2. The number of nitrogens with zero attached hydrogens (tertiary/aromatic N) is 1. The molecule has 1 aromatic rings. The number of benzene rings is 1.